The number of thiophene rings is 1. The third kappa shape index (κ3) is 4.80. The molecule has 0 aromatic carbocycles. The van der Waals surface area contributed by atoms with Crippen molar-refractivity contribution in [3.63, 3.8) is 0 Å². The highest BCUT2D eigenvalue weighted by molar-refractivity contribution is 7.17. The normalized spacial score (nSPS) is 14.3. The summed E-state index contributed by atoms with van der Waals surface area (Å²) >= 11 is 1.56. The van der Waals surface area contributed by atoms with E-state index < -0.39 is 0 Å². The van der Waals surface area contributed by atoms with Crippen LogP contribution in [0.15, 0.2) is 0 Å². The maximum Gasteiger partial charge on any atom is 0.341 e. The number of fused-ring (bicyclic) bond motifs is 1. The largest absolute Gasteiger partial charge is 0.459 e. The van der Waals surface area contributed by atoms with Crippen LogP contribution in [0.1, 0.15) is 80.1 Å². The van der Waals surface area contributed by atoms with E-state index in [1.807, 2.05) is 13.8 Å². The second-order valence-corrected chi connectivity index (χ2v) is 7.48. The van der Waals surface area contributed by atoms with Crippen molar-refractivity contribution >= 4 is 28.2 Å². The van der Waals surface area contributed by atoms with Gasteiger partial charge in [-0.05, 0) is 51.5 Å². The summed E-state index contributed by atoms with van der Waals surface area (Å²) in [5, 5.41) is 3.64. The van der Waals surface area contributed by atoms with Crippen molar-refractivity contribution < 1.29 is 14.3 Å². The second kappa shape index (κ2) is 8.48. The van der Waals surface area contributed by atoms with Crippen LogP contribution in [0.3, 0.4) is 0 Å². The molecular weight excluding hydrogens is 310 g/mol. The number of ether oxygens (including phenoxy) is 1. The summed E-state index contributed by atoms with van der Waals surface area (Å²) in [6.45, 7) is 5.76. The van der Waals surface area contributed by atoms with E-state index >= 15 is 0 Å². The SMILES string of the molecule is CCCCC(=O)Nc1sc2c(c1C(=O)OC(C)C)CCCCC2. The van der Waals surface area contributed by atoms with Crippen molar-refractivity contribution in [1.82, 2.24) is 0 Å². The van der Waals surface area contributed by atoms with Gasteiger partial charge in [-0.15, -0.1) is 11.3 Å². The lowest BCUT2D eigenvalue weighted by atomic mass is 10.1. The lowest BCUT2D eigenvalue weighted by Gasteiger charge is -2.11. The van der Waals surface area contributed by atoms with Crippen molar-refractivity contribution in [1.29, 1.82) is 0 Å². The van der Waals surface area contributed by atoms with E-state index in [0.29, 0.717) is 17.0 Å². The number of amides is 1. The smallest absolute Gasteiger partial charge is 0.341 e. The number of hydrogen-bond donors (Lipinski definition) is 1. The molecule has 4 nitrogen and oxygen atoms in total. The number of esters is 1. The Morgan fingerprint density at radius 3 is 2.65 bits per heavy atom. The average Bonchev–Trinajstić information content (AvgIpc) is 2.65. The molecule has 0 unspecified atom stereocenters. The van der Waals surface area contributed by atoms with Crippen LogP contribution in [0, 0.1) is 0 Å². The van der Waals surface area contributed by atoms with Crippen LogP contribution >= 0.6 is 11.3 Å². The minimum absolute atomic E-state index is 0.0122. The van der Waals surface area contributed by atoms with Gasteiger partial charge in [0.15, 0.2) is 0 Å². The fraction of sp³-hybridized carbons (Fsp3) is 0.667. The van der Waals surface area contributed by atoms with E-state index in [4.69, 9.17) is 4.74 Å². The zero-order chi connectivity index (χ0) is 16.8. The number of nitrogens with one attached hydrogen (secondary N) is 1. The van der Waals surface area contributed by atoms with Crippen LogP contribution in [0.2, 0.25) is 0 Å². The van der Waals surface area contributed by atoms with Crippen LogP contribution in [-0.2, 0) is 22.4 Å². The first-order valence-corrected chi connectivity index (χ1v) is 9.50. The minimum Gasteiger partial charge on any atom is -0.459 e. The van der Waals surface area contributed by atoms with E-state index in [1.165, 1.54) is 11.3 Å². The van der Waals surface area contributed by atoms with E-state index in [2.05, 4.69) is 12.2 Å². The number of carbonyl (C=O) groups excluding carboxylic acids is 2. The highest BCUT2D eigenvalue weighted by Crippen LogP contribution is 2.38. The number of rotatable bonds is 6. The molecule has 5 heteroatoms. The van der Waals surface area contributed by atoms with Gasteiger partial charge in [0.1, 0.15) is 5.00 Å². The molecular formula is C18H27NO3S. The van der Waals surface area contributed by atoms with E-state index in [-0.39, 0.29) is 18.0 Å². The summed E-state index contributed by atoms with van der Waals surface area (Å²) in [4.78, 5) is 25.9. The Morgan fingerprint density at radius 1 is 1.22 bits per heavy atom. The van der Waals surface area contributed by atoms with Crippen molar-refractivity contribution in [2.75, 3.05) is 5.32 Å². The molecule has 0 atom stereocenters. The zero-order valence-corrected chi connectivity index (χ0v) is 15.2. The van der Waals surface area contributed by atoms with Gasteiger partial charge in [0.2, 0.25) is 5.91 Å². The molecule has 0 fully saturated rings. The van der Waals surface area contributed by atoms with Gasteiger partial charge in [0.25, 0.3) is 0 Å². The number of unbranched alkanes of at least 4 members (excludes halogenated alkanes) is 1. The van der Waals surface area contributed by atoms with Crippen LogP contribution < -0.4 is 5.32 Å². The lowest BCUT2D eigenvalue weighted by Crippen LogP contribution is -2.17. The van der Waals surface area contributed by atoms with Crippen LogP contribution in [0.4, 0.5) is 5.00 Å². The molecule has 0 saturated heterocycles. The third-order valence-corrected chi connectivity index (χ3v) is 5.19. The van der Waals surface area contributed by atoms with Gasteiger partial charge in [-0.1, -0.05) is 19.8 Å². The van der Waals surface area contributed by atoms with E-state index in [1.54, 1.807) is 11.3 Å². The van der Waals surface area contributed by atoms with Gasteiger partial charge in [-0.25, -0.2) is 4.79 Å². The summed E-state index contributed by atoms with van der Waals surface area (Å²) < 4.78 is 5.42. The van der Waals surface area contributed by atoms with Crippen LogP contribution in [0.25, 0.3) is 0 Å². The predicted molar refractivity (Wildman–Crippen MR) is 94.3 cm³/mol. The molecule has 1 aromatic rings. The minimum atomic E-state index is -0.301. The summed E-state index contributed by atoms with van der Waals surface area (Å²) in [5.74, 6) is -0.313. The second-order valence-electron chi connectivity index (χ2n) is 6.37. The summed E-state index contributed by atoms with van der Waals surface area (Å²) in [5.41, 5.74) is 1.70. The number of aryl methyl sites for hydroxylation is 1. The van der Waals surface area contributed by atoms with Gasteiger partial charge in [-0.2, -0.15) is 0 Å². The average molecular weight is 337 g/mol. The van der Waals surface area contributed by atoms with Gasteiger partial charge in [-0.3, -0.25) is 4.79 Å². The fourth-order valence-corrected chi connectivity index (χ4v) is 4.14. The Hall–Kier alpha value is -1.36. The van der Waals surface area contributed by atoms with Crippen molar-refractivity contribution in [2.45, 2.75) is 78.2 Å². The molecule has 2 rings (SSSR count). The van der Waals surface area contributed by atoms with Gasteiger partial charge >= 0.3 is 5.97 Å². The standard InChI is InChI=1S/C18H27NO3S/c1-4-5-11-15(20)19-17-16(18(21)22-12(2)3)13-9-7-6-8-10-14(13)23-17/h12H,4-11H2,1-3H3,(H,19,20). The molecule has 128 valence electrons. The highest BCUT2D eigenvalue weighted by atomic mass is 32.1. The predicted octanol–water partition coefficient (Wildman–Crippen LogP) is 4.71. The molecule has 1 aromatic heterocycles. The molecule has 1 amide bonds. The molecule has 1 heterocycles. The van der Waals surface area contributed by atoms with Gasteiger partial charge < -0.3 is 10.1 Å². The number of anilines is 1. The molecule has 0 radical (unpaired) electrons. The van der Waals surface area contributed by atoms with Crippen molar-refractivity contribution in [2.24, 2.45) is 0 Å². The first-order valence-electron chi connectivity index (χ1n) is 8.68. The van der Waals surface area contributed by atoms with Crippen molar-refractivity contribution in [3.05, 3.63) is 16.0 Å². The van der Waals surface area contributed by atoms with E-state index in [9.17, 15) is 9.59 Å². The topological polar surface area (TPSA) is 55.4 Å². The Bertz CT molecular complexity index is 563. The van der Waals surface area contributed by atoms with Crippen LogP contribution in [0.5, 0.6) is 0 Å². The van der Waals surface area contributed by atoms with Crippen LogP contribution in [-0.4, -0.2) is 18.0 Å². The Labute approximate surface area is 142 Å². The lowest BCUT2D eigenvalue weighted by molar-refractivity contribution is -0.116. The van der Waals surface area contributed by atoms with Gasteiger partial charge in [0, 0.05) is 11.3 Å². The number of hydrogen-bond acceptors (Lipinski definition) is 4. The Kier molecular flexibility index (Phi) is 6.63. The molecule has 1 aliphatic rings. The maximum atomic E-state index is 12.5. The molecule has 0 saturated carbocycles. The summed E-state index contributed by atoms with van der Waals surface area (Å²) in [6.07, 6.45) is 7.51. The summed E-state index contributed by atoms with van der Waals surface area (Å²) in [7, 11) is 0. The quantitative estimate of drug-likeness (QED) is 0.604. The third-order valence-electron chi connectivity index (χ3n) is 3.98. The molecule has 0 spiro atoms. The molecule has 23 heavy (non-hydrogen) atoms. The molecule has 1 aliphatic carbocycles. The molecule has 1 N–H and O–H groups in total. The maximum absolute atomic E-state index is 12.5. The first kappa shape index (κ1) is 18.0. The van der Waals surface area contributed by atoms with E-state index in [0.717, 1.165) is 44.1 Å². The fourth-order valence-electron chi connectivity index (χ4n) is 2.85. The highest BCUT2D eigenvalue weighted by Gasteiger charge is 2.27. The Morgan fingerprint density at radius 2 is 1.96 bits per heavy atom. The molecule has 0 bridgehead atoms. The Balaban J connectivity index is 2.28. The van der Waals surface area contributed by atoms with Gasteiger partial charge in [0.05, 0.1) is 11.7 Å². The number of carbonyl (C=O) groups is 2. The summed E-state index contributed by atoms with van der Waals surface area (Å²) in [6, 6.07) is 0. The first-order chi connectivity index (χ1) is 11.0. The monoisotopic (exact) mass is 337 g/mol. The zero-order valence-electron chi connectivity index (χ0n) is 14.4. The molecule has 0 aliphatic heterocycles. The van der Waals surface area contributed by atoms with Crippen molar-refractivity contribution in [3.8, 4) is 0 Å².